The van der Waals surface area contributed by atoms with Crippen LogP contribution in [-0.2, 0) is 14.4 Å². The third kappa shape index (κ3) is 6.71. The highest BCUT2D eigenvalue weighted by atomic mass is 127. The molecule has 0 atom stereocenters. The quantitative estimate of drug-likeness (QED) is 0.278. The Hall–Kier alpha value is -3.14. The van der Waals surface area contributed by atoms with Gasteiger partial charge in [0.25, 0.3) is 5.91 Å². The molecule has 0 radical (unpaired) electrons. The van der Waals surface area contributed by atoms with E-state index in [9.17, 15) is 14.4 Å². The predicted octanol–water partition coefficient (Wildman–Crippen LogP) is 8.03. The largest absolute Gasteiger partial charge is 0.490 e. The number of allylic oxidation sites excluding steroid dienone is 4. The average Bonchev–Trinajstić information content (AvgIpc) is 2.92. The fourth-order valence-corrected chi connectivity index (χ4v) is 7.86. The van der Waals surface area contributed by atoms with Gasteiger partial charge in [0.15, 0.2) is 29.7 Å². The van der Waals surface area contributed by atoms with E-state index < -0.39 is 5.92 Å². The lowest BCUT2D eigenvalue weighted by Gasteiger charge is -2.49. The Balaban J connectivity index is 1.55. The number of amides is 1. The van der Waals surface area contributed by atoms with Crippen molar-refractivity contribution in [3.8, 4) is 11.5 Å². The van der Waals surface area contributed by atoms with E-state index in [4.69, 9.17) is 9.47 Å². The molecule has 1 amide bonds. The first-order valence-electron chi connectivity index (χ1n) is 15.9. The molecule has 0 saturated carbocycles. The van der Waals surface area contributed by atoms with Crippen LogP contribution in [0, 0.1) is 28.2 Å². The topological polar surface area (TPSA) is 84.9 Å². The fraction of sp³-hybridized carbons (Fsp3) is 0.486. The molecule has 8 heteroatoms. The lowest BCUT2D eigenvalue weighted by molar-refractivity contribution is -0.120. The van der Waals surface area contributed by atoms with E-state index in [2.05, 4.69) is 67.4 Å². The minimum absolute atomic E-state index is 0.102. The Labute approximate surface area is 280 Å². The van der Waals surface area contributed by atoms with Gasteiger partial charge in [0.05, 0.1) is 10.2 Å². The summed E-state index contributed by atoms with van der Waals surface area (Å²) in [5.41, 5.74) is 7.04. The number of nitrogens with one attached hydrogen (secondary N) is 1. The van der Waals surface area contributed by atoms with Crippen LogP contribution in [0.15, 0.2) is 52.9 Å². The number of ketones is 2. The van der Waals surface area contributed by atoms with Crippen molar-refractivity contribution < 1.29 is 23.9 Å². The Morgan fingerprint density at radius 2 is 1.49 bits per heavy atom. The number of carbonyl (C=O) groups excluding carboxylic acids is 3. The number of hydrogen-bond acceptors (Lipinski definition) is 6. The molecule has 45 heavy (non-hydrogen) atoms. The summed E-state index contributed by atoms with van der Waals surface area (Å²) in [4.78, 5) is 43.1. The zero-order valence-corrected chi connectivity index (χ0v) is 29.9. The van der Waals surface area contributed by atoms with Gasteiger partial charge in [-0.3, -0.25) is 14.4 Å². The number of nitrogens with zero attached hydrogens (tertiary/aromatic N) is 1. The second-order valence-corrected chi connectivity index (χ2v) is 15.3. The van der Waals surface area contributed by atoms with Crippen LogP contribution in [0.25, 0.3) is 0 Å². The fourth-order valence-electron chi connectivity index (χ4n) is 7.07. The molecule has 240 valence electrons. The standard InChI is InChI=1S/C37H45IN2O5/c1-9-40-26-16-36(5,6)18-28(41)33(26)32(34-27(40)17-37(7,8)19-29(34)42)23-14-25(38)35(30(15-23)44-10-2)45-20-31(43)39-24-12-11-21(3)22(4)13-24/h11-15,32H,9-10,16-20H2,1-8H3,(H,39,43). The lowest BCUT2D eigenvalue weighted by atomic mass is 9.63. The Bertz CT molecular complexity index is 1580. The summed E-state index contributed by atoms with van der Waals surface area (Å²) in [7, 11) is 0. The minimum atomic E-state index is -0.472. The molecule has 0 bridgehead atoms. The maximum absolute atomic E-state index is 14.0. The Morgan fingerprint density at radius 1 is 0.889 bits per heavy atom. The van der Waals surface area contributed by atoms with E-state index in [0.717, 1.165) is 55.6 Å². The van der Waals surface area contributed by atoms with Crippen molar-refractivity contribution in [1.82, 2.24) is 4.90 Å². The van der Waals surface area contributed by atoms with Crippen molar-refractivity contribution in [2.45, 2.75) is 87.0 Å². The summed E-state index contributed by atoms with van der Waals surface area (Å²) >= 11 is 2.21. The molecule has 5 rings (SSSR count). The highest BCUT2D eigenvalue weighted by molar-refractivity contribution is 14.1. The number of ether oxygens (including phenoxy) is 2. The number of rotatable bonds is 8. The van der Waals surface area contributed by atoms with Crippen molar-refractivity contribution in [3.05, 3.63) is 73.1 Å². The van der Waals surface area contributed by atoms with Gasteiger partial charge < -0.3 is 19.7 Å². The van der Waals surface area contributed by atoms with Crippen LogP contribution in [0.2, 0.25) is 0 Å². The third-order valence-corrected chi connectivity index (χ3v) is 9.94. The van der Waals surface area contributed by atoms with Crippen LogP contribution in [0.4, 0.5) is 5.69 Å². The van der Waals surface area contributed by atoms with E-state index in [1.165, 1.54) is 0 Å². The zero-order chi connectivity index (χ0) is 32.8. The van der Waals surface area contributed by atoms with Crippen molar-refractivity contribution in [2.75, 3.05) is 25.1 Å². The summed E-state index contributed by atoms with van der Waals surface area (Å²) in [5, 5.41) is 2.91. The van der Waals surface area contributed by atoms with Gasteiger partial charge in [0, 0.05) is 53.5 Å². The molecule has 2 aliphatic carbocycles. The summed E-state index contributed by atoms with van der Waals surface area (Å²) in [6, 6.07) is 9.68. The Kier molecular flexibility index (Phi) is 9.28. The number of benzene rings is 2. The second-order valence-electron chi connectivity index (χ2n) is 14.2. The smallest absolute Gasteiger partial charge is 0.262 e. The van der Waals surface area contributed by atoms with Gasteiger partial charge in [0.1, 0.15) is 0 Å². The number of carbonyl (C=O) groups is 3. The number of Topliss-reactive ketones (excluding diaryl/α,β-unsaturated/α-hetero) is 2. The molecule has 7 nitrogen and oxygen atoms in total. The molecule has 0 fully saturated rings. The average molecular weight is 725 g/mol. The molecule has 1 heterocycles. The van der Waals surface area contributed by atoms with E-state index in [-0.39, 0.29) is 34.9 Å². The molecular formula is C37H45IN2O5. The highest BCUT2D eigenvalue weighted by Crippen LogP contribution is 2.55. The van der Waals surface area contributed by atoms with Crippen LogP contribution < -0.4 is 14.8 Å². The molecular weight excluding hydrogens is 679 g/mol. The number of hydrogen-bond donors (Lipinski definition) is 1. The number of aryl methyl sites for hydroxylation is 2. The van der Waals surface area contributed by atoms with Crippen LogP contribution in [-0.4, -0.2) is 42.1 Å². The monoisotopic (exact) mass is 724 g/mol. The number of anilines is 1. The highest BCUT2D eigenvalue weighted by Gasteiger charge is 2.48. The first kappa shape index (κ1) is 33.2. The first-order valence-corrected chi connectivity index (χ1v) is 17.0. The number of halogens is 1. The lowest BCUT2D eigenvalue weighted by Crippen LogP contribution is -2.44. The first-order chi connectivity index (χ1) is 21.1. The summed E-state index contributed by atoms with van der Waals surface area (Å²) in [6.45, 7) is 17.5. The summed E-state index contributed by atoms with van der Waals surface area (Å²) < 4.78 is 12.9. The van der Waals surface area contributed by atoms with Crippen molar-refractivity contribution in [1.29, 1.82) is 0 Å². The van der Waals surface area contributed by atoms with Crippen molar-refractivity contribution >= 4 is 45.8 Å². The van der Waals surface area contributed by atoms with Gasteiger partial charge in [-0.1, -0.05) is 33.8 Å². The maximum Gasteiger partial charge on any atom is 0.262 e. The maximum atomic E-state index is 14.0. The molecule has 0 saturated heterocycles. The van der Waals surface area contributed by atoms with E-state index in [1.54, 1.807) is 0 Å². The summed E-state index contributed by atoms with van der Waals surface area (Å²) in [6.07, 6.45) is 2.43. The molecule has 2 aromatic rings. The predicted molar refractivity (Wildman–Crippen MR) is 186 cm³/mol. The van der Waals surface area contributed by atoms with Gasteiger partial charge in [-0.15, -0.1) is 0 Å². The molecule has 0 unspecified atom stereocenters. The van der Waals surface area contributed by atoms with Gasteiger partial charge in [0.2, 0.25) is 0 Å². The van der Waals surface area contributed by atoms with Crippen molar-refractivity contribution in [3.63, 3.8) is 0 Å². The normalized spacial score (nSPS) is 19.4. The van der Waals surface area contributed by atoms with Gasteiger partial charge in [-0.2, -0.15) is 0 Å². The molecule has 0 aromatic heterocycles. The van der Waals surface area contributed by atoms with Gasteiger partial charge in [-0.25, -0.2) is 0 Å². The van der Waals surface area contributed by atoms with Crippen LogP contribution >= 0.6 is 22.6 Å². The zero-order valence-electron chi connectivity index (χ0n) is 27.8. The molecule has 3 aliphatic rings. The van der Waals surface area contributed by atoms with Crippen LogP contribution in [0.1, 0.15) is 89.8 Å². The SMILES string of the molecule is CCOc1cc(C2C3=C(CC(C)(C)CC3=O)N(CC)C3=C2C(=O)CC(C)(C)C3)cc(I)c1OCC(=O)Nc1ccc(C)c(C)c1. The minimum Gasteiger partial charge on any atom is -0.490 e. The van der Waals surface area contributed by atoms with Gasteiger partial charge >= 0.3 is 0 Å². The van der Waals surface area contributed by atoms with Crippen molar-refractivity contribution in [2.24, 2.45) is 10.8 Å². The van der Waals surface area contributed by atoms with E-state index >= 15 is 0 Å². The molecule has 0 spiro atoms. The second kappa shape index (κ2) is 12.6. The summed E-state index contributed by atoms with van der Waals surface area (Å²) in [5.74, 6) is 0.420. The van der Waals surface area contributed by atoms with E-state index in [1.807, 2.05) is 51.1 Å². The van der Waals surface area contributed by atoms with Crippen LogP contribution in [0.5, 0.6) is 11.5 Å². The molecule has 1 N–H and O–H groups in total. The van der Waals surface area contributed by atoms with E-state index in [0.29, 0.717) is 43.2 Å². The third-order valence-electron chi connectivity index (χ3n) is 9.14. The van der Waals surface area contributed by atoms with Crippen LogP contribution in [0.3, 0.4) is 0 Å². The molecule has 2 aromatic carbocycles. The molecule has 1 aliphatic heterocycles. The van der Waals surface area contributed by atoms with Gasteiger partial charge in [-0.05, 0) is 115 Å². The Morgan fingerprint density at radius 3 is 2.02 bits per heavy atom.